The van der Waals surface area contributed by atoms with Gasteiger partial charge in [0.05, 0.1) is 6.20 Å². The van der Waals surface area contributed by atoms with E-state index in [0.717, 1.165) is 5.56 Å². The molecule has 1 fully saturated rings. The average molecular weight is 427 g/mol. The Bertz CT molecular complexity index is 1310. The van der Waals surface area contributed by atoms with Gasteiger partial charge in [-0.25, -0.2) is 18.2 Å². The zero-order valence-electron chi connectivity index (χ0n) is 16.3. The lowest BCUT2D eigenvalue weighted by atomic mass is 9.81. The molecular formula is C21H16F3N5O2. The van der Waals surface area contributed by atoms with Gasteiger partial charge in [-0.1, -0.05) is 17.3 Å². The SMILES string of the molecule is Cc1ccc(-c2noc(C3CC(F)(F)C3)n2)cc1NC(=O)c1cnc2cc(F)ccn12. The Balaban J connectivity index is 1.39. The fourth-order valence-corrected chi connectivity index (χ4v) is 3.56. The summed E-state index contributed by atoms with van der Waals surface area (Å²) in [5, 5.41) is 6.71. The molecule has 1 aromatic carbocycles. The number of imidazole rings is 1. The number of benzene rings is 1. The number of hydrogen-bond acceptors (Lipinski definition) is 5. The molecule has 0 saturated heterocycles. The summed E-state index contributed by atoms with van der Waals surface area (Å²) >= 11 is 0. The molecule has 0 aliphatic heterocycles. The predicted molar refractivity (Wildman–Crippen MR) is 104 cm³/mol. The van der Waals surface area contributed by atoms with Crippen molar-refractivity contribution in [2.75, 3.05) is 5.32 Å². The topological polar surface area (TPSA) is 85.3 Å². The molecule has 0 unspecified atom stereocenters. The van der Waals surface area contributed by atoms with Gasteiger partial charge >= 0.3 is 0 Å². The normalized spacial score (nSPS) is 15.7. The third-order valence-corrected chi connectivity index (χ3v) is 5.33. The minimum Gasteiger partial charge on any atom is -0.339 e. The van der Waals surface area contributed by atoms with E-state index in [0.29, 0.717) is 16.9 Å². The van der Waals surface area contributed by atoms with E-state index in [1.807, 2.05) is 6.92 Å². The molecule has 0 atom stereocenters. The zero-order chi connectivity index (χ0) is 21.8. The molecule has 1 aliphatic rings. The highest BCUT2D eigenvalue weighted by atomic mass is 19.3. The van der Waals surface area contributed by atoms with Crippen LogP contribution in [-0.2, 0) is 0 Å². The summed E-state index contributed by atoms with van der Waals surface area (Å²) in [6.45, 7) is 1.82. The summed E-state index contributed by atoms with van der Waals surface area (Å²) in [6.07, 6.45) is 2.20. The number of halogens is 3. The number of hydrogen-bond donors (Lipinski definition) is 1. The van der Waals surface area contributed by atoms with Crippen LogP contribution in [0.1, 0.15) is 40.7 Å². The second-order valence-corrected chi connectivity index (χ2v) is 7.62. The van der Waals surface area contributed by atoms with E-state index in [2.05, 4.69) is 20.4 Å². The Labute approximate surface area is 173 Å². The minimum absolute atomic E-state index is 0.185. The third kappa shape index (κ3) is 3.54. The quantitative estimate of drug-likeness (QED) is 0.515. The minimum atomic E-state index is -2.68. The van der Waals surface area contributed by atoms with E-state index in [1.54, 1.807) is 18.2 Å². The number of anilines is 1. The molecule has 4 aromatic rings. The lowest BCUT2D eigenvalue weighted by Crippen LogP contribution is -2.33. The summed E-state index contributed by atoms with van der Waals surface area (Å²) in [5.74, 6) is -3.55. The largest absolute Gasteiger partial charge is 0.339 e. The molecule has 3 heterocycles. The van der Waals surface area contributed by atoms with Crippen molar-refractivity contribution in [2.45, 2.75) is 31.6 Å². The van der Waals surface area contributed by atoms with Gasteiger partial charge in [0, 0.05) is 42.3 Å². The molecule has 0 radical (unpaired) electrons. The number of amides is 1. The Hall–Kier alpha value is -3.69. The molecule has 1 saturated carbocycles. The number of aryl methyl sites for hydroxylation is 1. The maximum Gasteiger partial charge on any atom is 0.274 e. The smallest absolute Gasteiger partial charge is 0.274 e. The molecule has 1 amide bonds. The van der Waals surface area contributed by atoms with Crippen molar-refractivity contribution in [3.8, 4) is 11.4 Å². The van der Waals surface area contributed by atoms with Gasteiger partial charge in [0.2, 0.25) is 17.6 Å². The molecule has 5 rings (SSSR count). The first-order valence-corrected chi connectivity index (χ1v) is 9.55. The van der Waals surface area contributed by atoms with Crippen molar-refractivity contribution in [1.29, 1.82) is 0 Å². The van der Waals surface area contributed by atoms with Gasteiger partial charge < -0.3 is 9.84 Å². The lowest BCUT2D eigenvalue weighted by molar-refractivity contribution is -0.0925. The van der Waals surface area contributed by atoms with Crippen LogP contribution in [0.5, 0.6) is 0 Å². The predicted octanol–water partition coefficient (Wildman–Crippen LogP) is 4.60. The highest BCUT2D eigenvalue weighted by Gasteiger charge is 2.48. The molecular weight excluding hydrogens is 411 g/mol. The Kier molecular flexibility index (Phi) is 4.31. The summed E-state index contributed by atoms with van der Waals surface area (Å²) in [7, 11) is 0. The van der Waals surface area contributed by atoms with E-state index >= 15 is 0 Å². The van der Waals surface area contributed by atoms with Crippen molar-refractivity contribution < 1.29 is 22.5 Å². The van der Waals surface area contributed by atoms with Crippen molar-refractivity contribution in [2.24, 2.45) is 0 Å². The number of nitrogens with zero attached hydrogens (tertiary/aromatic N) is 4. The number of carbonyl (C=O) groups excluding carboxylic acids is 1. The fraction of sp³-hybridized carbons (Fsp3) is 0.238. The van der Waals surface area contributed by atoms with Crippen LogP contribution in [0.4, 0.5) is 18.9 Å². The first-order chi connectivity index (χ1) is 14.8. The number of alkyl halides is 2. The second kappa shape index (κ2) is 6.93. The first-order valence-electron chi connectivity index (χ1n) is 9.55. The van der Waals surface area contributed by atoms with Crippen LogP contribution in [0.25, 0.3) is 17.0 Å². The van der Waals surface area contributed by atoms with Crippen LogP contribution < -0.4 is 5.32 Å². The molecule has 158 valence electrons. The standard InChI is InChI=1S/C21H16F3N5O2/c1-11-2-3-12(18-27-20(31-28-18)13-8-21(23,24)9-13)6-15(11)26-19(30)16-10-25-17-7-14(22)4-5-29(16)17/h2-7,10,13H,8-9H2,1H3,(H,26,30). The molecule has 0 bridgehead atoms. The fourth-order valence-electron chi connectivity index (χ4n) is 3.56. The van der Waals surface area contributed by atoms with Crippen molar-refractivity contribution in [3.63, 3.8) is 0 Å². The monoisotopic (exact) mass is 427 g/mol. The van der Waals surface area contributed by atoms with Crippen LogP contribution in [0.3, 0.4) is 0 Å². The molecule has 10 heteroatoms. The van der Waals surface area contributed by atoms with Gasteiger partial charge in [-0.05, 0) is 24.6 Å². The summed E-state index contributed by atoms with van der Waals surface area (Å²) < 4.78 is 46.2. The Morgan fingerprint density at radius 3 is 2.84 bits per heavy atom. The van der Waals surface area contributed by atoms with E-state index in [9.17, 15) is 18.0 Å². The number of rotatable bonds is 4. The van der Waals surface area contributed by atoms with Crippen molar-refractivity contribution in [3.05, 3.63) is 65.7 Å². The van der Waals surface area contributed by atoms with Crippen molar-refractivity contribution >= 4 is 17.2 Å². The van der Waals surface area contributed by atoms with Crippen LogP contribution in [0.15, 0.2) is 47.2 Å². The number of aromatic nitrogens is 4. The summed E-state index contributed by atoms with van der Waals surface area (Å²) in [4.78, 5) is 21.1. The van der Waals surface area contributed by atoms with E-state index in [1.165, 1.54) is 28.9 Å². The van der Waals surface area contributed by atoms with E-state index in [4.69, 9.17) is 4.52 Å². The van der Waals surface area contributed by atoms with E-state index < -0.39 is 23.6 Å². The highest BCUT2D eigenvalue weighted by molar-refractivity contribution is 6.04. The van der Waals surface area contributed by atoms with Gasteiger partial charge in [-0.2, -0.15) is 4.98 Å². The molecule has 3 aromatic heterocycles. The number of carbonyl (C=O) groups is 1. The molecule has 1 N–H and O–H groups in total. The van der Waals surface area contributed by atoms with Crippen LogP contribution in [-0.4, -0.2) is 31.4 Å². The maximum absolute atomic E-state index is 13.4. The van der Waals surface area contributed by atoms with Gasteiger partial charge in [0.1, 0.15) is 17.2 Å². The van der Waals surface area contributed by atoms with Crippen LogP contribution in [0.2, 0.25) is 0 Å². The van der Waals surface area contributed by atoms with Gasteiger partial charge in [0.15, 0.2) is 0 Å². The summed E-state index contributed by atoms with van der Waals surface area (Å²) in [6, 6.07) is 7.69. The summed E-state index contributed by atoms with van der Waals surface area (Å²) in [5.41, 5.74) is 2.44. The number of pyridine rings is 1. The highest BCUT2D eigenvalue weighted by Crippen LogP contribution is 2.47. The third-order valence-electron chi connectivity index (χ3n) is 5.33. The van der Waals surface area contributed by atoms with Gasteiger partial charge in [-0.15, -0.1) is 0 Å². The molecule has 7 nitrogen and oxygen atoms in total. The Morgan fingerprint density at radius 1 is 1.26 bits per heavy atom. The molecule has 1 aliphatic carbocycles. The Morgan fingerprint density at radius 2 is 2.06 bits per heavy atom. The van der Waals surface area contributed by atoms with Crippen LogP contribution in [0, 0.1) is 12.7 Å². The first kappa shape index (κ1) is 19.3. The van der Waals surface area contributed by atoms with Gasteiger partial charge in [-0.3, -0.25) is 9.20 Å². The average Bonchev–Trinajstić information content (AvgIpc) is 3.34. The second-order valence-electron chi connectivity index (χ2n) is 7.62. The van der Waals surface area contributed by atoms with Crippen LogP contribution >= 0.6 is 0 Å². The lowest BCUT2D eigenvalue weighted by Gasteiger charge is -2.31. The zero-order valence-corrected chi connectivity index (χ0v) is 16.3. The van der Waals surface area contributed by atoms with Crippen molar-refractivity contribution in [1.82, 2.24) is 19.5 Å². The number of nitrogens with one attached hydrogen (secondary N) is 1. The number of fused-ring (bicyclic) bond motifs is 1. The van der Waals surface area contributed by atoms with Gasteiger partial charge in [0.25, 0.3) is 5.91 Å². The molecule has 0 spiro atoms. The van der Waals surface area contributed by atoms with E-state index in [-0.39, 0.29) is 30.3 Å². The molecule has 31 heavy (non-hydrogen) atoms. The maximum atomic E-state index is 13.4.